The Hall–Kier alpha value is -3.97. The Morgan fingerprint density at radius 1 is 1.00 bits per heavy atom. The Labute approximate surface area is 187 Å². The number of ether oxygens (including phenoxy) is 1. The lowest BCUT2D eigenvalue weighted by molar-refractivity contribution is 0.143. The maximum Gasteiger partial charge on any atom is 0.407 e. The number of carbonyl (C=O) groups is 1. The molecule has 1 aliphatic carbocycles. The van der Waals surface area contributed by atoms with Crippen LogP contribution in [0.2, 0.25) is 0 Å². The van der Waals surface area contributed by atoms with E-state index in [2.05, 4.69) is 64.2 Å². The molecule has 0 fully saturated rings. The van der Waals surface area contributed by atoms with Crippen LogP contribution in [-0.4, -0.2) is 23.8 Å². The summed E-state index contributed by atoms with van der Waals surface area (Å²) in [5.41, 5.74) is 7.03. The van der Waals surface area contributed by atoms with E-state index in [1.165, 1.54) is 33.2 Å². The van der Waals surface area contributed by atoms with Crippen LogP contribution in [0.1, 0.15) is 29.0 Å². The number of rotatable bonds is 4. The third-order valence-corrected chi connectivity index (χ3v) is 5.98. The van der Waals surface area contributed by atoms with Crippen molar-refractivity contribution < 1.29 is 9.53 Å². The number of nitrogens with zero attached hydrogens (tertiary/aromatic N) is 1. The standard InChI is InChI=1S/C28H24N2O2/c1-30-17-15-21-18-20(13-14-27(21)30)8-6-7-16-29-28(31)32-19-26-24-11-4-2-9-22(24)23-10-3-5-12-25(23)26/h2-5,9-15,17-18,26H,7,16,19H2,1H3,(H,29,31). The van der Waals surface area contributed by atoms with E-state index in [0.717, 1.165) is 5.56 Å². The Bertz CT molecular complexity index is 1310. The van der Waals surface area contributed by atoms with Gasteiger partial charge in [0.1, 0.15) is 6.61 Å². The topological polar surface area (TPSA) is 43.3 Å². The van der Waals surface area contributed by atoms with Crippen LogP contribution in [0.25, 0.3) is 22.0 Å². The van der Waals surface area contributed by atoms with Gasteiger partial charge >= 0.3 is 6.09 Å². The summed E-state index contributed by atoms with van der Waals surface area (Å²) in [6.45, 7) is 0.778. The van der Waals surface area contributed by atoms with E-state index in [0.29, 0.717) is 19.6 Å². The number of aryl methyl sites for hydroxylation is 1. The Balaban J connectivity index is 1.13. The molecule has 3 aromatic carbocycles. The highest BCUT2D eigenvalue weighted by atomic mass is 16.5. The minimum Gasteiger partial charge on any atom is -0.449 e. The van der Waals surface area contributed by atoms with Gasteiger partial charge < -0.3 is 14.6 Å². The summed E-state index contributed by atoms with van der Waals surface area (Å²) in [5.74, 6) is 6.36. The highest BCUT2D eigenvalue weighted by molar-refractivity contribution is 5.81. The van der Waals surface area contributed by atoms with Gasteiger partial charge in [-0.1, -0.05) is 60.4 Å². The van der Waals surface area contributed by atoms with Crippen molar-refractivity contribution in [3.05, 3.63) is 95.7 Å². The van der Waals surface area contributed by atoms with Crippen LogP contribution in [0.4, 0.5) is 4.79 Å². The fraction of sp³-hybridized carbons (Fsp3) is 0.179. The van der Waals surface area contributed by atoms with Gasteiger partial charge in [0.15, 0.2) is 0 Å². The molecule has 1 heterocycles. The predicted octanol–water partition coefficient (Wildman–Crippen LogP) is 5.46. The Kier molecular flexibility index (Phi) is 5.39. The SMILES string of the molecule is Cn1ccc2cc(C#CCCNC(=O)OCC3c4ccccc4-c4ccccc43)ccc21. The first-order valence-electron chi connectivity index (χ1n) is 10.8. The van der Waals surface area contributed by atoms with Crippen LogP contribution < -0.4 is 5.32 Å². The molecule has 0 aliphatic heterocycles. The van der Waals surface area contributed by atoms with Gasteiger partial charge in [-0.3, -0.25) is 0 Å². The van der Waals surface area contributed by atoms with E-state index in [-0.39, 0.29) is 5.92 Å². The van der Waals surface area contributed by atoms with Crippen molar-refractivity contribution in [1.29, 1.82) is 0 Å². The van der Waals surface area contributed by atoms with Crippen molar-refractivity contribution >= 4 is 17.0 Å². The predicted molar refractivity (Wildman–Crippen MR) is 127 cm³/mol. The number of nitrogens with one attached hydrogen (secondary N) is 1. The summed E-state index contributed by atoms with van der Waals surface area (Å²) in [7, 11) is 2.03. The molecule has 5 rings (SSSR count). The lowest BCUT2D eigenvalue weighted by Gasteiger charge is -2.14. The Morgan fingerprint density at radius 2 is 1.72 bits per heavy atom. The molecule has 0 bridgehead atoms. The number of hydrogen-bond donors (Lipinski definition) is 1. The van der Waals surface area contributed by atoms with Crippen molar-refractivity contribution in [2.75, 3.05) is 13.2 Å². The first kappa shape index (κ1) is 20.0. The molecule has 1 aliphatic rings. The van der Waals surface area contributed by atoms with Crippen molar-refractivity contribution in [3.63, 3.8) is 0 Å². The number of carbonyl (C=O) groups excluding carboxylic acids is 1. The molecule has 0 saturated carbocycles. The normalized spacial score (nSPS) is 12.0. The number of alkyl carbamates (subject to hydrolysis) is 1. The molecule has 0 radical (unpaired) electrons. The molecule has 32 heavy (non-hydrogen) atoms. The molecule has 4 aromatic rings. The minimum absolute atomic E-state index is 0.0702. The average molecular weight is 421 g/mol. The first-order valence-corrected chi connectivity index (χ1v) is 10.8. The second kappa shape index (κ2) is 8.64. The van der Waals surface area contributed by atoms with E-state index >= 15 is 0 Å². The number of fused-ring (bicyclic) bond motifs is 4. The fourth-order valence-corrected chi connectivity index (χ4v) is 4.40. The fourth-order valence-electron chi connectivity index (χ4n) is 4.40. The number of amides is 1. The van der Waals surface area contributed by atoms with Gasteiger partial charge in [-0.05, 0) is 46.5 Å². The maximum absolute atomic E-state index is 12.2. The molecule has 1 amide bonds. The molecule has 4 heteroatoms. The van der Waals surface area contributed by atoms with Gasteiger partial charge in [-0.15, -0.1) is 0 Å². The smallest absolute Gasteiger partial charge is 0.407 e. The zero-order valence-corrected chi connectivity index (χ0v) is 18.0. The van der Waals surface area contributed by atoms with Crippen LogP contribution in [0.3, 0.4) is 0 Å². The van der Waals surface area contributed by atoms with Crippen LogP contribution in [-0.2, 0) is 11.8 Å². The van der Waals surface area contributed by atoms with E-state index in [9.17, 15) is 4.79 Å². The summed E-state index contributed by atoms with van der Waals surface area (Å²) in [4.78, 5) is 12.2. The second-order valence-electron chi connectivity index (χ2n) is 8.00. The van der Waals surface area contributed by atoms with E-state index in [1.807, 2.05) is 43.6 Å². The first-order chi connectivity index (χ1) is 15.7. The van der Waals surface area contributed by atoms with Crippen molar-refractivity contribution in [2.45, 2.75) is 12.3 Å². The van der Waals surface area contributed by atoms with Crippen LogP contribution in [0, 0.1) is 11.8 Å². The van der Waals surface area contributed by atoms with E-state index < -0.39 is 6.09 Å². The van der Waals surface area contributed by atoms with Gasteiger partial charge in [-0.2, -0.15) is 0 Å². The Morgan fingerprint density at radius 3 is 2.47 bits per heavy atom. The quantitative estimate of drug-likeness (QED) is 0.352. The minimum atomic E-state index is -0.403. The molecule has 4 nitrogen and oxygen atoms in total. The molecule has 158 valence electrons. The zero-order valence-electron chi connectivity index (χ0n) is 18.0. The summed E-state index contributed by atoms with van der Waals surface area (Å²) < 4.78 is 7.64. The molecule has 1 N–H and O–H groups in total. The van der Waals surface area contributed by atoms with E-state index in [4.69, 9.17) is 4.74 Å². The second-order valence-corrected chi connectivity index (χ2v) is 8.00. The van der Waals surface area contributed by atoms with Crippen molar-refractivity contribution in [3.8, 4) is 23.0 Å². The monoisotopic (exact) mass is 420 g/mol. The molecule has 0 saturated heterocycles. The van der Waals surface area contributed by atoms with Crippen LogP contribution in [0.15, 0.2) is 79.0 Å². The van der Waals surface area contributed by atoms with Gasteiger partial charge in [0.25, 0.3) is 0 Å². The summed E-state index contributed by atoms with van der Waals surface area (Å²) in [5, 5.41) is 3.98. The molecule has 0 atom stereocenters. The third kappa shape index (κ3) is 3.86. The summed E-state index contributed by atoms with van der Waals surface area (Å²) in [6, 6.07) is 24.9. The summed E-state index contributed by atoms with van der Waals surface area (Å²) in [6.07, 6.45) is 2.20. The highest BCUT2D eigenvalue weighted by Crippen LogP contribution is 2.44. The molecular weight excluding hydrogens is 396 g/mol. The lowest BCUT2D eigenvalue weighted by Crippen LogP contribution is -2.26. The van der Waals surface area contributed by atoms with Gasteiger partial charge in [0.05, 0.1) is 0 Å². The largest absolute Gasteiger partial charge is 0.449 e. The van der Waals surface area contributed by atoms with Crippen molar-refractivity contribution in [1.82, 2.24) is 9.88 Å². The van der Waals surface area contributed by atoms with Crippen LogP contribution in [0.5, 0.6) is 0 Å². The summed E-state index contributed by atoms with van der Waals surface area (Å²) >= 11 is 0. The zero-order chi connectivity index (χ0) is 21.9. The maximum atomic E-state index is 12.2. The van der Waals surface area contributed by atoms with E-state index in [1.54, 1.807) is 0 Å². The molecule has 1 aromatic heterocycles. The van der Waals surface area contributed by atoms with Gasteiger partial charge in [-0.25, -0.2) is 4.79 Å². The molecule has 0 unspecified atom stereocenters. The number of aromatic nitrogens is 1. The van der Waals surface area contributed by atoms with Gasteiger partial charge in [0, 0.05) is 48.6 Å². The van der Waals surface area contributed by atoms with Gasteiger partial charge in [0.2, 0.25) is 0 Å². The average Bonchev–Trinajstić information content (AvgIpc) is 3.35. The molecular formula is C28H24N2O2. The van der Waals surface area contributed by atoms with Crippen molar-refractivity contribution in [2.24, 2.45) is 7.05 Å². The molecule has 0 spiro atoms. The number of hydrogen-bond acceptors (Lipinski definition) is 2. The third-order valence-electron chi connectivity index (χ3n) is 5.98. The lowest BCUT2D eigenvalue weighted by atomic mass is 9.98. The highest BCUT2D eigenvalue weighted by Gasteiger charge is 2.28. The van der Waals surface area contributed by atoms with Crippen LogP contribution >= 0.6 is 0 Å². The number of benzene rings is 3.